The fraction of sp³-hybridized carbons (Fsp3) is 0.300. The van der Waals surface area contributed by atoms with E-state index in [9.17, 15) is 9.59 Å². The zero-order valence-corrected chi connectivity index (χ0v) is 9.87. The summed E-state index contributed by atoms with van der Waals surface area (Å²) in [5.41, 5.74) is 1.14. The maximum atomic E-state index is 11.7. The fourth-order valence-corrected chi connectivity index (χ4v) is 1.94. The molecule has 2 aromatic rings. The molecular formula is C10H10ClN3O2. The van der Waals surface area contributed by atoms with Gasteiger partial charge in [-0.2, -0.15) is 0 Å². The van der Waals surface area contributed by atoms with Gasteiger partial charge >= 0.3 is 5.69 Å². The predicted molar refractivity (Wildman–Crippen MR) is 61.0 cm³/mol. The van der Waals surface area contributed by atoms with Crippen LogP contribution in [-0.4, -0.2) is 19.9 Å². The molecule has 6 heteroatoms. The van der Waals surface area contributed by atoms with Gasteiger partial charge in [-0.25, -0.2) is 9.78 Å². The van der Waals surface area contributed by atoms with Gasteiger partial charge in [0.15, 0.2) is 5.78 Å². The van der Waals surface area contributed by atoms with E-state index in [1.165, 1.54) is 16.1 Å². The van der Waals surface area contributed by atoms with Crippen LogP contribution in [0.1, 0.15) is 17.4 Å². The Labute approximate surface area is 96.3 Å². The average molecular weight is 240 g/mol. The molecule has 0 saturated carbocycles. The first kappa shape index (κ1) is 10.9. The summed E-state index contributed by atoms with van der Waals surface area (Å²) < 4.78 is 2.84. The molecule has 0 aliphatic rings. The normalized spacial score (nSPS) is 11.0. The highest BCUT2D eigenvalue weighted by Gasteiger charge is 2.16. The van der Waals surface area contributed by atoms with E-state index in [1.807, 2.05) is 0 Å². The van der Waals surface area contributed by atoms with E-state index in [2.05, 4.69) is 4.98 Å². The van der Waals surface area contributed by atoms with Crippen LogP contribution in [0.5, 0.6) is 0 Å². The number of pyridine rings is 1. The summed E-state index contributed by atoms with van der Waals surface area (Å²) >= 11 is 5.81. The zero-order valence-electron chi connectivity index (χ0n) is 9.11. The molecule has 0 unspecified atom stereocenters. The molecule has 0 spiro atoms. The molecule has 16 heavy (non-hydrogen) atoms. The number of nitrogens with zero attached hydrogens (tertiary/aromatic N) is 3. The number of ketones is 1. The molecule has 0 aliphatic carbocycles. The number of hydrogen-bond acceptors (Lipinski definition) is 3. The molecule has 2 aromatic heterocycles. The van der Waals surface area contributed by atoms with Gasteiger partial charge in [0.1, 0.15) is 10.8 Å². The lowest BCUT2D eigenvalue weighted by atomic mass is 10.2. The number of fused-ring (bicyclic) bond motifs is 1. The van der Waals surface area contributed by atoms with Gasteiger partial charge in [0.2, 0.25) is 0 Å². The van der Waals surface area contributed by atoms with Crippen LogP contribution in [0.25, 0.3) is 11.0 Å². The van der Waals surface area contributed by atoms with Crippen LogP contribution >= 0.6 is 11.6 Å². The minimum Gasteiger partial charge on any atom is -0.295 e. The second-order valence-electron chi connectivity index (χ2n) is 3.62. The minimum atomic E-state index is -0.214. The van der Waals surface area contributed by atoms with E-state index in [4.69, 9.17) is 11.6 Å². The molecule has 0 N–H and O–H groups in total. The quantitative estimate of drug-likeness (QED) is 0.554. The maximum absolute atomic E-state index is 11.7. The van der Waals surface area contributed by atoms with Gasteiger partial charge < -0.3 is 0 Å². The molecule has 0 fully saturated rings. The zero-order chi connectivity index (χ0) is 12.0. The molecule has 5 nitrogen and oxygen atoms in total. The Balaban J connectivity index is 3.08. The van der Waals surface area contributed by atoms with Crippen molar-refractivity contribution >= 4 is 28.4 Å². The Hall–Kier alpha value is -1.62. The Bertz CT molecular complexity index is 654. The number of halogens is 1. The SMILES string of the molecule is CC(=O)c1nc(Cl)cc2c1n(C)c(=O)n2C. The van der Waals surface area contributed by atoms with Gasteiger partial charge in [-0.15, -0.1) is 0 Å². The van der Waals surface area contributed by atoms with Crippen molar-refractivity contribution in [2.75, 3.05) is 0 Å². The summed E-state index contributed by atoms with van der Waals surface area (Å²) in [6.07, 6.45) is 0. The van der Waals surface area contributed by atoms with E-state index in [1.54, 1.807) is 20.2 Å². The molecule has 0 saturated heterocycles. The smallest absolute Gasteiger partial charge is 0.295 e. The second-order valence-corrected chi connectivity index (χ2v) is 4.01. The van der Waals surface area contributed by atoms with Crippen LogP contribution in [-0.2, 0) is 14.1 Å². The number of aryl methyl sites for hydroxylation is 2. The molecule has 0 aromatic carbocycles. The van der Waals surface area contributed by atoms with Gasteiger partial charge in [-0.1, -0.05) is 11.6 Å². The van der Waals surface area contributed by atoms with E-state index in [-0.39, 0.29) is 22.3 Å². The lowest BCUT2D eigenvalue weighted by molar-refractivity contribution is 0.101. The molecular weight excluding hydrogens is 230 g/mol. The Morgan fingerprint density at radius 3 is 2.56 bits per heavy atom. The number of rotatable bonds is 1. The van der Waals surface area contributed by atoms with Crippen LogP contribution in [0.2, 0.25) is 5.15 Å². The molecule has 2 rings (SSSR count). The largest absolute Gasteiger partial charge is 0.328 e. The predicted octanol–water partition coefficient (Wildman–Crippen LogP) is 1.13. The summed E-state index contributed by atoms with van der Waals surface area (Å²) in [4.78, 5) is 27.1. The third kappa shape index (κ3) is 1.36. The molecule has 84 valence electrons. The van der Waals surface area contributed by atoms with Gasteiger partial charge in [-0.3, -0.25) is 13.9 Å². The van der Waals surface area contributed by atoms with Crippen LogP contribution < -0.4 is 5.69 Å². The number of carbonyl (C=O) groups excluding carboxylic acids is 1. The van der Waals surface area contributed by atoms with E-state index < -0.39 is 0 Å². The lowest BCUT2D eigenvalue weighted by Gasteiger charge is -2.01. The first-order valence-electron chi connectivity index (χ1n) is 4.66. The average Bonchev–Trinajstić information content (AvgIpc) is 2.43. The first-order chi connectivity index (χ1) is 7.43. The van der Waals surface area contributed by atoms with Gasteiger partial charge in [0.25, 0.3) is 0 Å². The Kier molecular flexibility index (Phi) is 2.35. The van der Waals surface area contributed by atoms with E-state index in [0.29, 0.717) is 11.0 Å². The second kappa shape index (κ2) is 3.45. The van der Waals surface area contributed by atoms with Crippen molar-refractivity contribution in [3.8, 4) is 0 Å². The molecule has 0 radical (unpaired) electrons. The molecule has 2 heterocycles. The van der Waals surface area contributed by atoms with Gasteiger partial charge in [0, 0.05) is 27.1 Å². The monoisotopic (exact) mass is 239 g/mol. The lowest BCUT2D eigenvalue weighted by Crippen LogP contribution is -2.19. The van der Waals surface area contributed by atoms with Crippen molar-refractivity contribution in [3.05, 3.63) is 27.4 Å². The van der Waals surface area contributed by atoms with Crippen LogP contribution in [0.4, 0.5) is 0 Å². The standard InChI is InChI=1S/C10H10ClN3O2/c1-5(15)8-9-6(4-7(11)12-8)13(2)10(16)14(9)3/h4H,1-3H3. The summed E-state index contributed by atoms with van der Waals surface area (Å²) in [5.74, 6) is -0.214. The van der Waals surface area contributed by atoms with Crippen molar-refractivity contribution in [2.45, 2.75) is 6.92 Å². The number of imidazole rings is 1. The highest BCUT2D eigenvalue weighted by molar-refractivity contribution is 6.30. The number of Topliss-reactive ketones (excluding diaryl/α,β-unsaturated/α-hetero) is 1. The molecule has 0 aliphatic heterocycles. The number of hydrogen-bond donors (Lipinski definition) is 0. The topological polar surface area (TPSA) is 56.9 Å². The highest BCUT2D eigenvalue weighted by atomic mass is 35.5. The number of carbonyl (C=O) groups is 1. The maximum Gasteiger partial charge on any atom is 0.328 e. The van der Waals surface area contributed by atoms with Crippen LogP contribution in [0, 0.1) is 0 Å². The third-order valence-electron chi connectivity index (χ3n) is 2.55. The fourth-order valence-electron chi connectivity index (χ4n) is 1.75. The van der Waals surface area contributed by atoms with Crippen molar-refractivity contribution in [2.24, 2.45) is 14.1 Å². The molecule has 0 amide bonds. The van der Waals surface area contributed by atoms with Crippen molar-refractivity contribution in [1.82, 2.24) is 14.1 Å². The summed E-state index contributed by atoms with van der Waals surface area (Å²) in [7, 11) is 3.23. The summed E-state index contributed by atoms with van der Waals surface area (Å²) in [6, 6.07) is 1.57. The van der Waals surface area contributed by atoms with Crippen molar-refractivity contribution in [3.63, 3.8) is 0 Å². The summed E-state index contributed by atoms with van der Waals surface area (Å²) in [6.45, 7) is 1.40. The summed E-state index contributed by atoms with van der Waals surface area (Å²) in [5, 5.41) is 0.207. The van der Waals surface area contributed by atoms with E-state index >= 15 is 0 Å². The van der Waals surface area contributed by atoms with Gasteiger partial charge in [0.05, 0.1) is 11.0 Å². The molecule has 0 bridgehead atoms. The Morgan fingerprint density at radius 1 is 1.38 bits per heavy atom. The van der Waals surface area contributed by atoms with Crippen LogP contribution in [0.3, 0.4) is 0 Å². The first-order valence-corrected chi connectivity index (χ1v) is 5.04. The van der Waals surface area contributed by atoms with Crippen molar-refractivity contribution < 1.29 is 4.79 Å². The van der Waals surface area contributed by atoms with Crippen molar-refractivity contribution in [1.29, 1.82) is 0 Å². The minimum absolute atomic E-state index is 0.207. The van der Waals surface area contributed by atoms with Gasteiger partial charge in [-0.05, 0) is 0 Å². The third-order valence-corrected chi connectivity index (χ3v) is 2.74. The number of aromatic nitrogens is 3. The van der Waals surface area contributed by atoms with Crippen LogP contribution in [0.15, 0.2) is 10.9 Å². The molecule has 0 atom stereocenters. The highest BCUT2D eigenvalue weighted by Crippen LogP contribution is 2.19. The Morgan fingerprint density at radius 2 is 2.00 bits per heavy atom. The van der Waals surface area contributed by atoms with E-state index in [0.717, 1.165) is 0 Å².